The van der Waals surface area contributed by atoms with E-state index in [2.05, 4.69) is 14.8 Å². The van der Waals surface area contributed by atoms with Crippen molar-refractivity contribution < 1.29 is 23.1 Å². The lowest BCUT2D eigenvalue weighted by Gasteiger charge is -2.09. The normalized spacial score (nSPS) is 11.2. The molecular formula is C28H22N4O5S. The summed E-state index contributed by atoms with van der Waals surface area (Å²) in [5.74, 6) is -0.146. The first-order valence-electron chi connectivity index (χ1n) is 11.5. The fraction of sp³-hybridized carbons (Fsp3) is 0.0357. The van der Waals surface area contributed by atoms with Gasteiger partial charge in [0.2, 0.25) is 0 Å². The van der Waals surface area contributed by atoms with Gasteiger partial charge in [-0.3, -0.25) is 14.5 Å². The van der Waals surface area contributed by atoms with Crippen molar-refractivity contribution in [2.24, 2.45) is 0 Å². The summed E-state index contributed by atoms with van der Waals surface area (Å²) in [5.41, 5.74) is 3.02. The van der Waals surface area contributed by atoms with Gasteiger partial charge in [0.15, 0.2) is 11.5 Å². The highest BCUT2D eigenvalue weighted by atomic mass is 32.2. The van der Waals surface area contributed by atoms with Crippen LogP contribution in [0.4, 0.5) is 5.69 Å². The number of rotatable bonds is 7. The van der Waals surface area contributed by atoms with Gasteiger partial charge in [-0.25, -0.2) is 8.42 Å². The van der Waals surface area contributed by atoms with Crippen molar-refractivity contribution in [1.82, 2.24) is 14.8 Å². The van der Waals surface area contributed by atoms with Gasteiger partial charge >= 0.3 is 0 Å². The van der Waals surface area contributed by atoms with Gasteiger partial charge in [0, 0.05) is 34.8 Å². The van der Waals surface area contributed by atoms with Gasteiger partial charge in [-0.1, -0.05) is 30.3 Å². The van der Waals surface area contributed by atoms with E-state index in [1.54, 1.807) is 72.8 Å². The van der Waals surface area contributed by atoms with Crippen LogP contribution < -0.4 is 9.46 Å². The van der Waals surface area contributed by atoms with E-state index in [0.29, 0.717) is 33.8 Å². The number of aromatic nitrogens is 3. The summed E-state index contributed by atoms with van der Waals surface area (Å²) in [7, 11) is -2.29. The van der Waals surface area contributed by atoms with Crippen LogP contribution in [0.5, 0.6) is 11.5 Å². The van der Waals surface area contributed by atoms with Gasteiger partial charge in [-0.15, -0.1) is 0 Å². The Labute approximate surface area is 219 Å². The van der Waals surface area contributed by atoms with E-state index < -0.39 is 10.0 Å². The zero-order valence-electron chi connectivity index (χ0n) is 20.1. The lowest BCUT2D eigenvalue weighted by molar-refractivity contribution is 0.0947. The first kappa shape index (κ1) is 24.7. The topological polar surface area (TPSA) is 123 Å². The summed E-state index contributed by atoms with van der Waals surface area (Å²) in [6, 6.07) is 24.5. The second kappa shape index (κ2) is 10.2. The predicted molar refractivity (Wildman–Crippen MR) is 143 cm³/mol. The molecule has 0 saturated heterocycles. The second-order valence-corrected chi connectivity index (χ2v) is 9.93. The highest BCUT2D eigenvalue weighted by molar-refractivity contribution is 7.92. The van der Waals surface area contributed by atoms with Crippen LogP contribution in [0.3, 0.4) is 0 Å². The maximum atomic E-state index is 13.4. The Hall–Kier alpha value is -4.96. The zero-order chi connectivity index (χ0) is 26.7. The lowest BCUT2D eigenvalue weighted by atomic mass is 10.1. The first-order valence-corrected chi connectivity index (χ1v) is 12.9. The van der Waals surface area contributed by atoms with E-state index in [9.17, 15) is 18.3 Å². The number of benzene rings is 3. The molecule has 0 saturated carbocycles. The van der Waals surface area contributed by atoms with Crippen LogP contribution in [-0.2, 0) is 10.0 Å². The van der Waals surface area contributed by atoms with Crippen LogP contribution in [0, 0.1) is 0 Å². The molecule has 0 amide bonds. The number of pyridine rings is 1. The second-order valence-electron chi connectivity index (χ2n) is 8.25. The fourth-order valence-electron chi connectivity index (χ4n) is 3.86. The molecule has 9 nitrogen and oxygen atoms in total. The third-order valence-corrected chi connectivity index (χ3v) is 7.19. The zero-order valence-corrected chi connectivity index (χ0v) is 21.0. The van der Waals surface area contributed by atoms with Gasteiger partial charge in [-0.05, 0) is 60.7 Å². The minimum absolute atomic E-state index is 0.0310. The number of hydrogen-bond acceptors (Lipinski definition) is 7. The highest BCUT2D eigenvalue weighted by Gasteiger charge is 2.20. The molecule has 3 aromatic carbocycles. The molecule has 2 heterocycles. The Morgan fingerprint density at radius 2 is 1.58 bits per heavy atom. The van der Waals surface area contributed by atoms with Gasteiger partial charge in [-0.2, -0.15) is 9.78 Å². The van der Waals surface area contributed by atoms with E-state index in [-0.39, 0.29) is 22.3 Å². The molecule has 5 aromatic rings. The number of aromatic hydroxyl groups is 1. The van der Waals surface area contributed by atoms with Gasteiger partial charge < -0.3 is 9.84 Å². The minimum Gasteiger partial charge on any atom is -0.504 e. The monoisotopic (exact) mass is 526 g/mol. The number of anilines is 1. The van der Waals surface area contributed by atoms with E-state index in [1.807, 2.05) is 0 Å². The summed E-state index contributed by atoms with van der Waals surface area (Å²) in [6.07, 6.45) is 3.05. The smallest absolute Gasteiger partial charge is 0.278 e. The number of carbonyl (C=O) groups is 1. The number of ether oxygens (including phenoxy) is 1. The maximum absolute atomic E-state index is 13.4. The SMILES string of the molecule is COc1cc(-c2cc(-c3ccc(NS(=O)(=O)c4ccccc4)cc3)nn2C(=O)c2ccncc2)ccc1O. The Morgan fingerprint density at radius 3 is 2.26 bits per heavy atom. The van der Waals surface area contributed by atoms with Gasteiger partial charge in [0.1, 0.15) is 0 Å². The van der Waals surface area contributed by atoms with E-state index >= 15 is 0 Å². The highest BCUT2D eigenvalue weighted by Crippen LogP contribution is 2.34. The van der Waals surface area contributed by atoms with E-state index in [4.69, 9.17) is 4.74 Å². The van der Waals surface area contributed by atoms with E-state index in [1.165, 1.54) is 42.4 Å². The average Bonchev–Trinajstić information content (AvgIpc) is 3.39. The summed E-state index contributed by atoms with van der Waals surface area (Å²) in [6.45, 7) is 0. The number of phenolic OH excluding ortho intramolecular Hbond substituents is 1. The molecule has 0 atom stereocenters. The van der Waals surface area contributed by atoms with Crippen LogP contribution in [0.15, 0.2) is 108 Å². The fourth-order valence-corrected chi connectivity index (χ4v) is 4.94. The molecule has 0 bridgehead atoms. The molecule has 0 fully saturated rings. The van der Waals surface area contributed by atoms with Crippen LogP contribution in [0.1, 0.15) is 10.4 Å². The number of nitrogens with one attached hydrogen (secondary N) is 1. The van der Waals surface area contributed by atoms with Crippen LogP contribution in [-0.4, -0.2) is 41.3 Å². The molecule has 10 heteroatoms. The Balaban J connectivity index is 1.52. The van der Waals surface area contributed by atoms with Gasteiger partial charge in [0.25, 0.3) is 15.9 Å². The number of phenols is 1. The summed E-state index contributed by atoms with van der Waals surface area (Å²) in [4.78, 5) is 17.5. The molecule has 190 valence electrons. The third kappa shape index (κ3) is 4.97. The van der Waals surface area contributed by atoms with Crippen molar-refractivity contribution in [3.8, 4) is 34.0 Å². The van der Waals surface area contributed by atoms with Crippen LogP contribution >= 0.6 is 0 Å². The van der Waals surface area contributed by atoms with Crippen molar-refractivity contribution in [2.75, 3.05) is 11.8 Å². The summed E-state index contributed by atoms with van der Waals surface area (Å²) in [5, 5.41) is 14.6. The first-order chi connectivity index (χ1) is 18.4. The molecule has 0 spiro atoms. The largest absolute Gasteiger partial charge is 0.504 e. The molecule has 0 aliphatic heterocycles. The number of carbonyl (C=O) groups excluding carboxylic acids is 1. The molecule has 5 rings (SSSR count). The van der Waals surface area contributed by atoms with Crippen LogP contribution in [0.25, 0.3) is 22.5 Å². The van der Waals surface area contributed by atoms with Gasteiger partial charge in [0.05, 0.1) is 23.4 Å². The molecule has 0 radical (unpaired) electrons. The van der Waals surface area contributed by atoms with Crippen molar-refractivity contribution in [1.29, 1.82) is 0 Å². The standard InChI is InChI=1S/C28H22N4O5S/c1-37-27-17-21(9-12-26(27)33)25-18-24(30-32(25)28(34)20-13-15-29-16-14-20)19-7-10-22(11-8-19)31-38(35,36)23-5-3-2-4-6-23/h2-18,31,33H,1H3. The Bertz CT molecular complexity index is 1700. The number of sulfonamides is 1. The van der Waals surface area contributed by atoms with Crippen molar-refractivity contribution in [2.45, 2.75) is 4.90 Å². The van der Waals surface area contributed by atoms with Crippen molar-refractivity contribution in [3.05, 3.63) is 109 Å². The van der Waals surface area contributed by atoms with E-state index in [0.717, 1.165) is 0 Å². The number of methoxy groups -OCH3 is 1. The van der Waals surface area contributed by atoms with Crippen molar-refractivity contribution in [3.63, 3.8) is 0 Å². The molecule has 0 unspecified atom stereocenters. The minimum atomic E-state index is -3.73. The molecule has 0 aliphatic carbocycles. The number of hydrogen-bond donors (Lipinski definition) is 2. The molecule has 2 aromatic heterocycles. The molecular weight excluding hydrogens is 504 g/mol. The third-order valence-electron chi connectivity index (χ3n) is 5.79. The van der Waals surface area contributed by atoms with Crippen molar-refractivity contribution >= 4 is 21.6 Å². The lowest BCUT2D eigenvalue weighted by Crippen LogP contribution is -2.15. The number of nitrogens with zero attached hydrogens (tertiary/aromatic N) is 3. The summed E-state index contributed by atoms with van der Waals surface area (Å²) < 4.78 is 34.4. The Morgan fingerprint density at radius 1 is 0.895 bits per heavy atom. The molecule has 2 N–H and O–H groups in total. The average molecular weight is 527 g/mol. The quantitative estimate of drug-likeness (QED) is 0.312. The van der Waals surface area contributed by atoms with Crippen LogP contribution in [0.2, 0.25) is 0 Å². The maximum Gasteiger partial charge on any atom is 0.278 e. The molecule has 38 heavy (non-hydrogen) atoms. The molecule has 0 aliphatic rings. The summed E-state index contributed by atoms with van der Waals surface area (Å²) >= 11 is 0. The predicted octanol–water partition coefficient (Wildman–Crippen LogP) is 4.82. The Kier molecular flexibility index (Phi) is 6.63.